The molecule has 0 spiro atoms. The van der Waals surface area contributed by atoms with E-state index >= 15 is 0 Å². The summed E-state index contributed by atoms with van der Waals surface area (Å²) in [6.07, 6.45) is 0. The van der Waals surface area contributed by atoms with Crippen molar-refractivity contribution in [1.82, 2.24) is 25.0 Å². The Labute approximate surface area is 67.6 Å². The molecule has 0 saturated carbocycles. The van der Waals surface area contributed by atoms with E-state index in [4.69, 9.17) is 0 Å². The van der Waals surface area contributed by atoms with Crippen molar-refractivity contribution in [2.75, 3.05) is 0 Å². The zero-order valence-electron chi connectivity index (χ0n) is 6.70. The zero-order chi connectivity index (χ0) is 8.72. The van der Waals surface area contributed by atoms with Crippen molar-refractivity contribution in [2.45, 2.75) is 13.8 Å². The van der Waals surface area contributed by atoms with Crippen LogP contribution in [0.5, 0.6) is 0 Å². The zero-order valence-corrected chi connectivity index (χ0v) is 6.70. The van der Waals surface area contributed by atoms with Crippen LogP contribution in [0, 0.1) is 6.92 Å². The number of ketones is 1. The number of aryl methyl sites for hydroxylation is 1. The molecule has 0 amide bonds. The van der Waals surface area contributed by atoms with Crippen LogP contribution in [0.15, 0.2) is 0 Å². The molecule has 2 aromatic heterocycles. The average Bonchev–Trinajstić information content (AvgIpc) is 2.44. The summed E-state index contributed by atoms with van der Waals surface area (Å²) in [7, 11) is 0. The fourth-order valence-electron chi connectivity index (χ4n) is 1.20. The fourth-order valence-corrected chi connectivity index (χ4v) is 1.20. The number of nitrogens with one attached hydrogen (secondary N) is 1. The molecule has 0 aliphatic carbocycles. The lowest BCUT2D eigenvalue weighted by molar-refractivity contribution is 0.101. The van der Waals surface area contributed by atoms with Crippen LogP contribution in [0.4, 0.5) is 0 Å². The molecule has 2 heterocycles. The van der Waals surface area contributed by atoms with Crippen LogP contribution in [-0.2, 0) is 0 Å². The van der Waals surface area contributed by atoms with Gasteiger partial charge in [0, 0.05) is 6.92 Å². The minimum Gasteiger partial charge on any atom is -0.293 e. The smallest absolute Gasteiger partial charge is 0.272 e. The van der Waals surface area contributed by atoms with Gasteiger partial charge in [-0.2, -0.15) is 9.73 Å². The maximum Gasteiger partial charge on any atom is 0.272 e. The Morgan fingerprint density at radius 1 is 1.58 bits per heavy atom. The Morgan fingerprint density at radius 2 is 2.33 bits per heavy atom. The van der Waals surface area contributed by atoms with Gasteiger partial charge < -0.3 is 0 Å². The van der Waals surface area contributed by atoms with E-state index in [0.29, 0.717) is 17.2 Å². The van der Waals surface area contributed by atoms with E-state index in [1.165, 1.54) is 11.4 Å². The molecule has 62 valence electrons. The molecule has 2 rings (SSSR count). The van der Waals surface area contributed by atoms with Gasteiger partial charge in [-0.25, -0.2) is 4.98 Å². The van der Waals surface area contributed by atoms with Gasteiger partial charge in [0.1, 0.15) is 5.69 Å². The molecule has 0 atom stereocenters. The van der Waals surface area contributed by atoms with E-state index in [1.807, 2.05) is 0 Å². The third-order valence-corrected chi connectivity index (χ3v) is 1.65. The molecular formula is C6H7N5O. The first kappa shape index (κ1) is 6.96. The van der Waals surface area contributed by atoms with Gasteiger partial charge in [0.2, 0.25) is 0 Å². The minimum absolute atomic E-state index is 0.0500. The molecule has 12 heavy (non-hydrogen) atoms. The third kappa shape index (κ3) is 0.744. The van der Waals surface area contributed by atoms with Crippen molar-refractivity contribution >= 4 is 11.6 Å². The Bertz CT molecular complexity index is 440. The lowest BCUT2D eigenvalue weighted by atomic mass is 10.3. The molecule has 6 heteroatoms. The number of hydrogen-bond acceptors (Lipinski definition) is 4. The number of imidazole rings is 1. The Morgan fingerprint density at radius 3 is 3.00 bits per heavy atom. The summed E-state index contributed by atoms with van der Waals surface area (Å²) in [4.78, 5) is 15.1. The molecule has 0 fully saturated rings. The standard InChI is InChI=1S/C6H7N5O/c1-3-5(4(2)12)11-6(7-3)8-9-10-11/h1-2H3,(H,7,8,10). The summed E-state index contributed by atoms with van der Waals surface area (Å²) in [5, 5.41) is 9.76. The summed E-state index contributed by atoms with van der Waals surface area (Å²) >= 11 is 0. The van der Waals surface area contributed by atoms with Crippen LogP contribution >= 0.6 is 0 Å². The lowest BCUT2D eigenvalue weighted by Crippen LogP contribution is -2.01. The normalized spacial score (nSPS) is 10.8. The van der Waals surface area contributed by atoms with E-state index in [9.17, 15) is 4.79 Å². The van der Waals surface area contributed by atoms with E-state index in [1.54, 1.807) is 6.92 Å². The first-order valence-electron chi connectivity index (χ1n) is 3.47. The van der Waals surface area contributed by atoms with Crippen molar-refractivity contribution in [3.05, 3.63) is 11.4 Å². The van der Waals surface area contributed by atoms with Gasteiger partial charge in [0.05, 0.1) is 5.69 Å². The SMILES string of the molecule is CC(=O)c1c(C)nc2nn[nH]n12. The van der Waals surface area contributed by atoms with Gasteiger partial charge >= 0.3 is 0 Å². The largest absolute Gasteiger partial charge is 0.293 e. The number of carbonyl (C=O) groups excluding carboxylic acids is 1. The van der Waals surface area contributed by atoms with Crippen molar-refractivity contribution in [3.8, 4) is 0 Å². The summed E-state index contributed by atoms with van der Waals surface area (Å²) in [6, 6.07) is 0. The number of rotatable bonds is 1. The van der Waals surface area contributed by atoms with Gasteiger partial charge in [0.15, 0.2) is 5.78 Å². The first-order valence-corrected chi connectivity index (χ1v) is 3.47. The van der Waals surface area contributed by atoms with Crippen molar-refractivity contribution in [2.24, 2.45) is 0 Å². The number of fused-ring (bicyclic) bond motifs is 1. The highest BCUT2D eigenvalue weighted by atomic mass is 16.1. The summed E-state index contributed by atoms with van der Waals surface area (Å²) < 4.78 is 1.47. The summed E-state index contributed by atoms with van der Waals surface area (Å²) in [5.74, 6) is 0.378. The van der Waals surface area contributed by atoms with Gasteiger partial charge in [-0.15, -0.1) is 0 Å². The van der Waals surface area contributed by atoms with Crippen LogP contribution < -0.4 is 0 Å². The highest BCUT2D eigenvalue weighted by Crippen LogP contribution is 2.07. The minimum atomic E-state index is -0.0500. The van der Waals surface area contributed by atoms with Crippen LogP contribution in [0.25, 0.3) is 5.78 Å². The van der Waals surface area contributed by atoms with Crippen LogP contribution in [0.2, 0.25) is 0 Å². The van der Waals surface area contributed by atoms with Crippen LogP contribution in [0.1, 0.15) is 23.1 Å². The maximum absolute atomic E-state index is 11.1. The van der Waals surface area contributed by atoms with E-state index in [-0.39, 0.29) is 5.78 Å². The Kier molecular flexibility index (Phi) is 1.24. The third-order valence-electron chi connectivity index (χ3n) is 1.65. The van der Waals surface area contributed by atoms with Gasteiger partial charge in [0.25, 0.3) is 5.78 Å². The number of H-pyrrole nitrogens is 1. The highest BCUT2D eigenvalue weighted by molar-refractivity contribution is 5.94. The number of hydrogen-bond donors (Lipinski definition) is 1. The highest BCUT2D eigenvalue weighted by Gasteiger charge is 2.14. The quantitative estimate of drug-likeness (QED) is 0.601. The average molecular weight is 165 g/mol. The molecule has 6 nitrogen and oxygen atoms in total. The lowest BCUT2D eigenvalue weighted by Gasteiger charge is -1.90. The second-order valence-electron chi connectivity index (χ2n) is 2.54. The second-order valence-corrected chi connectivity index (χ2v) is 2.54. The van der Waals surface area contributed by atoms with Gasteiger partial charge in [-0.3, -0.25) is 4.79 Å². The molecule has 1 N–H and O–H groups in total. The Hall–Kier alpha value is -1.72. The summed E-state index contributed by atoms with van der Waals surface area (Å²) in [6.45, 7) is 3.25. The molecule has 0 bridgehead atoms. The Balaban J connectivity index is 2.84. The maximum atomic E-state index is 11.1. The molecule has 0 aliphatic heterocycles. The molecule has 0 unspecified atom stereocenters. The van der Waals surface area contributed by atoms with Crippen LogP contribution in [-0.4, -0.2) is 30.8 Å². The predicted octanol–water partition coefficient (Wildman–Crippen LogP) is -0.0366. The summed E-state index contributed by atoms with van der Waals surface area (Å²) in [5.41, 5.74) is 1.18. The van der Waals surface area contributed by atoms with Gasteiger partial charge in [-0.1, -0.05) is 5.10 Å². The number of aromatic amines is 1. The topological polar surface area (TPSA) is 75.9 Å². The van der Waals surface area contributed by atoms with E-state index in [0.717, 1.165) is 0 Å². The number of tetrazole rings is 1. The van der Waals surface area contributed by atoms with Crippen molar-refractivity contribution < 1.29 is 4.79 Å². The first-order chi connectivity index (χ1) is 5.70. The molecule has 0 aromatic carbocycles. The van der Waals surface area contributed by atoms with E-state index in [2.05, 4.69) is 20.5 Å². The molecular weight excluding hydrogens is 158 g/mol. The fraction of sp³-hybridized carbons (Fsp3) is 0.333. The molecule has 0 aliphatic rings. The van der Waals surface area contributed by atoms with Crippen molar-refractivity contribution in [3.63, 3.8) is 0 Å². The van der Waals surface area contributed by atoms with Crippen molar-refractivity contribution in [1.29, 1.82) is 0 Å². The number of aromatic nitrogens is 5. The second kappa shape index (κ2) is 2.13. The van der Waals surface area contributed by atoms with Gasteiger partial charge in [-0.05, 0) is 12.1 Å². The number of Topliss-reactive ketones (excluding diaryl/α,β-unsaturated/α-hetero) is 1. The monoisotopic (exact) mass is 165 g/mol. The van der Waals surface area contributed by atoms with Crippen LogP contribution in [0.3, 0.4) is 0 Å². The van der Waals surface area contributed by atoms with E-state index < -0.39 is 0 Å². The molecule has 0 saturated heterocycles. The predicted molar refractivity (Wildman–Crippen MR) is 39.9 cm³/mol. The molecule has 2 aromatic rings. The number of nitrogens with zero attached hydrogens (tertiary/aromatic N) is 4. The molecule has 0 radical (unpaired) electrons. The number of carbonyl (C=O) groups is 1.